The second-order valence-electron chi connectivity index (χ2n) is 5.82. The lowest BCUT2D eigenvalue weighted by molar-refractivity contribution is 0.0638. The Labute approximate surface area is 134 Å². The lowest BCUT2D eigenvalue weighted by Crippen LogP contribution is -2.32. The third kappa shape index (κ3) is 2.88. The summed E-state index contributed by atoms with van der Waals surface area (Å²) in [4.78, 5) is 18.8. The van der Waals surface area contributed by atoms with E-state index in [2.05, 4.69) is 10.1 Å². The lowest BCUT2D eigenvalue weighted by atomic mass is 10.2. The van der Waals surface area contributed by atoms with Crippen LogP contribution in [0.3, 0.4) is 0 Å². The molecule has 3 heterocycles. The molecule has 0 unspecified atom stereocenters. The van der Waals surface area contributed by atoms with Crippen molar-refractivity contribution in [3.8, 4) is 0 Å². The van der Waals surface area contributed by atoms with Crippen molar-refractivity contribution in [2.24, 2.45) is 0 Å². The molecule has 2 aromatic heterocycles. The van der Waals surface area contributed by atoms with Crippen LogP contribution in [-0.2, 0) is 11.2 Å². The van der Waals surface area contributed by atoms with E-state index >= 15 is 0 Å². The Bertz CT molecular complexity index is 706. The molecule has 0 spiro atoms. The van der Waals surface area contributed by atoms with Crippen LogP contribution in [-0.4, -0.2) is 40.7 Å². The van der Waals surface area contributed by atoms with Gasteiger partial charge in [-0.15, -0.1) is 0 Å². The third-order valence-electron chi connectivity index (χ3n) is 4.24. The van der Waals surface area contributed by atoms with Crippen LogP contribution in [0.15, 0.2) is 15.0 Å². The molecule has 0 saturated carbocycles. The zero-order chi connectivity index (χ0) is 16.6. The van der Waals surface area contributed by atoms with Gasteiger partial charge in [0.05, 0.1) is 6.10 Å². The molecule has 0 N–H and O–H groups in total. The Morgan fingerprint density at radius 3 is 2.83 bits per heavy atom. The van der Waals surface area contributed by atoms with Crippen LogP contribution in [0, 0.1) is 13.8 Å². The van der Waals surface area contributed by atoms with Gasteiger partial charge in [0.25, 0.3) is 5.91 Å². The first-order valence-corrected chi connectivity index (χ1v) is 7.76. The average molecular weight is 319 g/mol. The van der Waals surface area contributed by atoms with E-state index in [0.717, 1.165) is 17.7 Å². The first-order valence-electron chi connectivity index (χ1n) is 7.76. The summed E-state index contributed by atoms with van der Waals surface area (Å²) in [7, 11) is 1.64. The number of aromatic nitrogens is 2. The summed E-state index contributed by atoms with van der Waals surface area (Å²) in [5, 5.41) is 3.82. The first kappa shape index (κ1) is 15.7. The average Bonchev–Trinajstić information content (AvgIpc) is 3.23. The van der Waals surface area contributed by atoms with Gasteiger partial charge in [-0.3, -0.25) is 4.79 Å². The van der Waals surface area contributed by atoms with E-state index in [4.69, 9.17) is 13.7 Å². The topological polar surface area (TPSA) is 81.6 Å². The number of hydrogen-bond donors (Lipinski definition) is 0. The maximum atomic E-state index is 12.9. The van der Waals surface area contributed by atoms with Crippen LogP contribution in [0.25, 0.3) is 0 Å². The van der Waals surface area contributed by atoms with Gasteiger partial charge in [-0.05, 0) is 25.5 Å². The minimum absolute atomic E-state index is 0.0575. The van der Waals surface area contributed by atoms with Gasteiger partial charge in [0, 0.05) is 26.5 Å². The summed E-state index contributed by atoms with van der Waals surface area (Å²) in [6.45, 7) is 6.18. The van der Waals surface area contributed by atoms with Crippen molar-refractivity contribution in [3.05, 3.63) is 34.9 Å². The molecule has 23 heavy (non-hydrogen) atoms. The summed E-state index contributed by atoms with van der Waals surface area (Å²) in [5.74, 6) is 2.00. The molecule has 7 nitrogen and oxygen atoms in total. The number of amides is 1. The molecule has 1 fully saturated rings. The molecule has 1 saturated heterocycles. The van der Waals surface area contributed by atoms with Crippen molar-refractivity contribution < 1.29 is 18.5 Å². The van der Waals surface area contributed by atoms with Crippen LogP contribution in [0.2, 0.25) is 0 Å². The summed E-state index contributed by atoms with van der Waals surface area (Å²) < 4.78 is 16.4. The zero-order valence-electron chi connectivity index (χ0n) is 13.8. The fraction of sp³-hybridized carbons (Fsp3) is 0.562. The Hall–Kier alpha value is -2.15. The predicted octanol–water partition coefficient (Wildman–Crippen LogP) is 2.44. The minimum Gasteiger partial charge on any atom is -0.456 e. The fourth-order valence-electron chi connectivity index (χ4n) is 2.99. The number of likely N-dealkylation sites (tertiary alicyclic amines) is 1. The molecule has 2 atom stereocenters. The van der Waals surface area contributed by atoms with Gasteiger partial charge in [0.1, 0.15) is 11.8 Å². The van der Waals surface area contributed by atoms with Crippen LogP contribution < -0.4 is 0 Å². The van der Waals surface area contributed by atoms with E-state index in [1.165, 1.54) is 0 Å². The van der Waals surface area contributed by atoms with Crippen molar-refractivity contribution in [1.82, 2.24) is 15.0 Å². The molecule has 1 aliphatic rings. The Morgan fingerprint density at radius 1 is 1.48 bits per heavy atom. The highest BCUT2D eigenvalue weighted by Crippen LogP contribution is 2.34. The summed E-state index contributed by atoms with van der Waals surface area (Å²) in [6, 6.07) is 1.50. The molecule has 7 heteroatoms. The number of carbonyl (C=O) groups excluding carboxylic acids is 1. The molecule has 0 radical (unpaired) electrons. The number of nitrogens with zero attached hydrogens (tertiary/aromatic N) is 3. The maximum Gasteiger partial charge on any atom is 0.290 e. The molecule has 2 aromatic rings. The van der Waals surface area contributed by atoms with E-state index in [1.807, 2.05) is 13.8 Å². The number of carbonyl (C=O) groups is 1. The van der Waals surface area contributed by atoms with E-state index in [-0.39, 0.29) is 18.1 Å². The number of rotatable bonds is 4. The van der Waals surface area contributed by atoms with Gasteiger partial charge >= 0.3 is 0 Å². The number of methoxy groups -OCH3 is 1. The largest absolute Gasteiger partial charge is 0.456 e. The van der Waals surface area contributed by atoms with Crippen LogP contribution in [0.1, 0.15) is 53.0 Å². The highest BCUT2D eigenvalue weighted by atomic mass is 16.5. The molecule has 1 amide bonds. The van der Waals surface area contributed by atoms with Crippen molar-refractivity contribution in [3.63, 3.8) is 0 Å². The van der Waals surface area contributed by atoms with Gasteiger partial charge in [-0.25, -0.2) is 0 Å². The normalized spacial score (nSPS) is 21.1. The SMILES string of the molecule is CCc1oc(C(=O)N2C[C@@H](OC)C[C@@H]2c2nc(C)no2)cc1C. The number of furan rings is 1. The molecular weight excluding hydrogens is 298 g/mol. The second kappa shape index (κ2) is 6.16. The van der Waals surface area contributed by atoms with Gasteiger partial charge in [-0.1, -0.05) is 12.1 Å². The number of aryl methyl sites for hydroxylation is 3. The van der Waals surface area contributed by atoms with Crippen LogP contribution in [0.4, 0.5) is 0 Å². The van der Waals surface area contributed by atoms with Crippen LogP contribution in [0.5, 0.6) is 0 Å². The zero-order valence-corrected chi connectivity index (χ0v) is 13.8. The monoisotopic (exact) mass is 319 g/mol. The predicted molar refractivity (Wildman–Crippen MR) is 81.0 cm³/mol. The molecular formula is C16H21N3O4. The van der Waals surface area contributed by atoms with E-state index in [1.54, 1.807) is 25.0 Å². The molecule has 0 aromatic carbocycles. The van der Waals surface area contributed by atoms with E-state index in [0.29, 0.717) is 30.4 Å². The highest BCUT2D eigenvalue weighted by molar-refractivity contribution is 5.92. The Morgan fingerprint density at radius 2 is 2.26 bits per heavy atom. The van der Waals surface area contributed by atoms with Crippen molar-refractivity contribution in [1.29, 1.82) is 0 Å². The Balaban J connectivity index is 1.89. The number of hydrogen-bond acceptors (Lipinski definition) is 6. The van der Waals surface area contributed by atoms with E-state index < -0.39 is 0 Å². The molecule has 1 aliphatic heterocycles. The molecule has 0 bridgehead atoms. The highest BCUT2D eigenvalue weighted by Gasteiger charge is 2.40. The van der Waals surface area contributed by atoms with Gasteiger partial charge in [-0.2, -0.15) is 4.98 Å². The van der Waals surface area contributed by atoms with Gasteiger partial charge < -0.3 is 18.6 Å². The molecule has 0 aliphatic carbocycles. The summed E-state index contributed by atoms with van der Waals surface area (Å²) in [6.07, 6.45) is 1.33. The maximum absolute atomic E-state index is 12.9. The minimum atomic E-state index is -0.288. The number of ether oxygens (including phenoxy) is 1. The standard InChI is InChI=1S/C16H21N3O4/c1-5-13-9(2)6-14(22-13)16(20)19-8-11(21-4)7-12(19)15-17-10(3)18-23-15/h6,11-12H,5,7-8H2,1-4H3/t11-,12+/m0/s1. The van der Waals surface area contributed by atoms with Crippen molar-refractivity contribution in [2.75, 3.05) is 13.7 Å². The first-order chi connectivity index (χ1) is 11.0. The van der Waals surface area contributed by atoms with Crippen molar-refractivity contribution in [2.45, 2.75) is 45.8 Å². The van der Waals surface area contributed by atoms with Gasteiger partial charge in [0.2, 0.25) is 5.89 Å². The van der Waals surface area contributed by atoms with Crippen molar-refractivity contribution >= 4 is 5.91 Å². The Kier molecular flexibility index (Phi) is 4.21. The fourth-order valence-corrected chi connectivity index (χ4v) is 2.99. The lowest BCUT2D eigenvalue weighted by Gasteiger charge is -2.20. The smallest absolute Gasteiger partial charge is 0.290 e. The summed E-state index contributed by atoms with van der Waals surface area (Å²) in [5.41, 5.74) is 0.989. The quantitative estimate of drug-likeness (QED) is 0.861. The second-order valence-corrected chi connectivity index (χ2v) is 5.82. The molecule has 124 valence electrons. The third-order valence-corrected chi connectivity index (χ3v) is 4.24. The molecule has 3 rings (SSSR count). The van der Waals surface area contributed by atoms with Crippen LogP contribution >= 0.6 is 0 Å². The van der Waals surface area contributed by atoms with E-state index in [9.17, 15) is 4.79 Å². The summed E-state index contributed by atoms with van der Waals surface area (Å²) >= 11 is 0. The van der Waals surface area contributed by atoms with Gasteiger partial charge in [0.15, 0.2) is 11.6 Å².